The van der Waals surface area contributed by atoms with Gasteiger partial charge in [-0.2, -0.15) is 0 Å². The van der Waals surface area contributed by atoms with Gasteiger partial charge in [-0.25, -0.2) is 15.0 Å². The molecule has 13 nitrogen and oxygen atoms in total. The fourth-order valence-electron chi connectivity index (χ4n) is 2.49. The molecule has 118 valence electrons. The predicted molar refractivity (Wildman–Crippen MR) is 76.6 cm³/mol. The molecule has 0 spiro atoms. The van der Waals surface area contributed by atoms with Crippen molar-refractivity contribution in [3.8, 4) is 0 Å². The summed E-state index contributed by atoms with van der Waals surface area (Å²) < 4.78 is 7.14. The summed E-state index contributed by atoms with van der Waals surface area (Å²) in [5.74, 6) is 0.193. The number of aromatic nitrogens is 4. The zero-order chi connectivity index (χ0) is 16.4. The maximum absolute atomic E-state index is 10.4. The predicted octanol–water partition coefficient (Wildman–Crippen LogP) is 0.656. The number of rotatable bonds is 4. The van der Waals surface area contributed by atoms with Crippen molar-refractivity contribution in [2.75, 3.05) is 12.3 Å². The number of nitrogens with zero attached hydrogens (tertiary/aromatic N) is 10. The fourth-order valence-corrected chi connectivity index (χ4v) is 2.49. The van der Waals surface area contributed by atoms with E-state index >= 15 is 0 Å². The Bertz CT molecular complexity index is 821. The fraction of sp³-hybridized carbons (Fsp3) is 0.500. The van der Waals surface area contributed by atoms with Gasteiger partial charge in [-0.15, -0.1) is 0 Å². The first kappa shape index (κ1) is 14.8. The number of nitrogen functional groups attached to an aromatic ring is 1. The highest BCUT2D eigenvalue weighted by atomic mass is 16.5. The number of aliphatic hydroxyl groups excluding tert-OH is 1. The van der Waals surface area contributed by atoms with E-state index in [0.29, 0.717) is 11.2 Å². The number of imidazole rings is 1. The van der Waals surface area contributed by atoms with E-state index in [-0.39, 0.29) is 12.4 Å². The molecule has 23 heavy (non-hydrogen) atoms. The highest BCUT2D eigenvalue weighted by molar-refractivity contribution is 5.81. The van der Waals surface area contributed by atoms with Gasteiger partial charge in [-0.1, -0.05) is 10.2 Å². The molecule has 4 atom stereocenters. The van der Waals surface area contributed by atoms with Crippen LogP contribution in [-0.2, 0) is 4.74 Å². The number of hydrogen-bond donors (Lipinski definition) is 2. The molecule has 0 saturated carbocycles. The smallest absolute Gasteiger partial charge is 0.167 e. The lowest BCUT2D eigenvalue weighted by Gasteiger charge is -2.16. The van der Waals surface area contributed by atoms with E-state index in [0.717, 1.165) is 0 Å². The number of fused-ring (bicyclic) bond motifs is 1. The van der Waals surface area contributed by atoms with Gasteiger partial charge in [-0.3, -0.25) is 4.57 Å². The molecular formula is C10H11N11O2. The molecule has 2 aromatic heterocycles. The molecule has 2 aromatic rings. The average molecular weight is 317 g/mol. The van der Waals surface area contributed by atoms with Crippen LogP contribution in [0.4, 0.5) is 5.82 Å². The molecule has 0 aliphatic carbocycles. The Kier molecular flexibility index (Phi) is 3.83. The molecule has 1 aliphatic rings. The van der Waals surface area contributed by atoms with Gasteiger partial charge in [-0.05, 0) is 11.1 Å². The molecule has 3 heterocycles. The SMILES string of the molecule is [N-]=[N+]=NC[C@H]1O[C@@H](n2cnc3c(N)ncnc32)[C@H](O)[C@@H]1N=[N+]=[N-]. The zero-order valence-electron chi connectivity index (χ0n) is 11.6. The summed E-state index contributed by atoms with van der Waals surface area (Å²) >= 11 is 0. The molecule has 0 bridgehead atoms. The van der Waals surface area contributed by atoms with Crippen LogP contribution >= 0.6 is 0 Å². The minimum atomic E-state index is -1.17. The van der Waals surface area contributed by atoms with E-state index in [2.05, 4.69) is 35.0 Å². The standard InChI is InChI=1S/C10H11N11O2/c11-8-6-9(15-2-14-8)21(3-16-6)10-7(22)5(18-20-13)4(23-10)1-17-19-12/h2-5,7,10,22H,1H2,(H2,11,14,15)/t4-,5-,7-,10-/m1/s1. The normalized spacial score (nSPS) is 26.7. The number of nitrogens with two attached hydrogens (primary N) is 1. The second-order valence-electron chi connectivity index (χ2n) is 4.75. The largest absolute Gasteiger partial charge is 0.388 e. The molecule has 1 aliphatic heterocycles. The second kappa shape index (κ2) is 5.94. The van der Waals surface area contributed by atoms with Crippen LogP contribution < -0.4 is 5.73 Å². The highest BCUT2D eigenvalue weighted by Gasteiger charge is 2.44. The van der Waals surface area contributed by atoms with Gasteiger partial charge in [0.1, 0.15) is 17.9 Å². The molecule has 0 amide bonds. The van der Waals surface area contributed by atoms with Gasteiger partial charge < -0.3 is 15.6 Å². The van der Waals surface area contributed by atoms with Gasteiger partial charge in [0.05, 0.1) is 25.0 Å². The Morgan fingerprint density at radius 1 is 1.35 bits per heavy atom. The molecule has 3 rings (SSSR count). The van der Waals surface area contributed by atoms with Gasteiger partial charge in [0.25, 0.3) is 0 Å². The van der Waals surface area contributed by atoms with Crippen LogP contribution in [0.25, 0.3) is 32.0 Å². The van der Waals surface area contributed by atoms with Crippen LogP contribution in [0.15, 0.2) is 22.9 Å². The number of ether oxygens (including phenoxy) is 1. The summed E-state index contributed by atoms with van der Waals surface area (Å²) in [4.78, 5) is 17.3. The maximum atomic E-state index is 10.4. The van der Waals surface area contributed by atoms with Gasteiger partial charge in [0, 0.05) is 9.82 Å². The first-order chi connectivity index (χ1) is 11.2. The summed E-state index contributed by atoms with van der Waals surface area (Å²) in [7, 11) is 0. The molecule has 1 fully saturated rings. The number of azide groups is 2. The van der Waals surface area contributed by atoms with Crippen molar-refractivity contribution in [2.45, 2.75) is 24.5 Å². The van der Waals surface area contributed by atoms with Crippen molar-refractivity contribution in [1.29, 1.82) is 0 Å². The van der Waals surface area contributed by atoms with Crippen LogP contribution in [0.5, 0.6) is 0 Å². The zero-order valence-corrected chi connectivity index (χ0v) is 11.6. The van der Waals surface area contributed by atoms with Gasteiger partial charge in [0.2, 0.25) is 0 Å². The topological polar surface area (TPSA) is 197 Å². The third kappa shape index (κ3) is 2.45. The second-order valence-corrected chi connectivity index (χ2v) is 4.75. The molecule has 1 saturated heterocycles. The summed E-state index contributed by atoms with van der Waals surface area (Å²) in [6.07, 6.45) is -0.188. The summed E-state index contributed by atoms with van der Waals surface area (Å²) in [5, 5.41) is 17.3. The number of hydrogen-bond acceptors (Lipinski definition) is 8. The lowest BCUT2D eigenvalue weighted by Crippen LogP contribution is -2.31. The third-order valence-electron chi connectivity index (χ3n) is 3.51. The highest BCUT2D eigenvalue weighted by Crippen LogP contribution is 2.33. The Balaban J connectivity index is 2.00. The minimum Gasteiger partial charge on any atom is -0.388 e. The van der Waals surface area contributed by atoms with Crippen molar-refractivity contribution in [3.63, 3.8) is 0 Å². The Labute approximate surface area is 128 Å². The van der Waals surface area contributed by atoms with Crippen LogP contribution in [0.3, 0.4) is 0 Å². The van der Waals surface area contributed by atoms with Crippen molar-refractivity contribution >= 4 is 17.0 Å². The summed E-state index contributed by atoms with van der Waals surface area (Å²) in [5.41, 5.74) is 23.5. The molecule has 0 unspecified atom stereocenters. The molecular weight excluding hydrogens is 306 g/mol. The molecule has 13 heteroatoms. The van der Waals surface area contributed by atoms with Crippen molar-refractivity contribution in [2.24, 2.45) is 10.2 Å². The monoisotopic (exact) mass is 317 g/mol. The minimum absolute atomic E-state index is 0.0858. The number of anilines is 1. The van der Waals surface area contributed by atoms with Crippen molar-refractivity contribution < 1.29 is 9.84 Å². The van der Waals surface area contributed by atoms with Gasteiger partial charge >= 0.3 is 0 Å². The molecule has 0 radical (unpaired) electrons. The summed E-state index contributed by atoms with van der Waals surface area (Å²) in [6.45, 7) is -0.0858. The summed E-state index contributed by atoms with van der Waals surface area (Å²) in [6, 6.07) is -0.910. The van der Waals surface area contributed by atoms with E-state index < -0.39 is 24.5 Å². The lowest BCUT2D eigenvalue weighted by molar-refractivity contribution is -0.0321. The van der Waals surface area contributed by atoms with E-state index in [1.165, 1.54) is 17.2 Å². The van der Waals surface area contributed by atoms with Crippen molar-refractivity contribution in [3.05, 3.63) is 33.5 Å². The third-order valence-corrected chi connectivity index (χ3v) is 3.51. The Hall–Kier alpha value is -3.11. The Morgan fingerprint density at radius 2 is 2.17 bits per heavy atom. The Morgan fingerprint density at radius 3 is 2.91 bits per heavy atom. The van der Waals surface area contributed by atoms with Crippen LogP contribution in [0.2, 0.25) is 0 Å². The quantitative estimate of drug-likeness (QED) is 0.471. The first-order valence-corrected chi connectivity index (χ1v) is 6.49. The average Bonchev–Trinajstić information content (AvgIpc) is 3.10. The lowest BCUT2D eigenvalue weighted by atomic mass is 10.1. The van der Waals surface area contributed by atoms with E-state index in [1.54, 1.807) is 0 Å². The molecule has 0 aromatic carbocycles. The van der Waals surface area contributed by atoms with E-state index in [9.17, 15) is 5.11 Å². The van der Waals surface area contributed by atoms with Gasteiger partial charge in [0.15, 0.2) is 17.7 Å². The first-order valence-electron chi connectivity index (χ1n) is 6.49. The van der Waals surface area contributed by atoms with Crippen molar-refractivity contribution in [1.82, 2.24) is 19.5 Å². The number of aliphatic hydroxyl groups is 1. The van der Waals surface area contributed by atoms with E-state index in [1.807, 2.05) is 0 Å². The molecule has 3 N–H and O–H groups in total. The maximum Gasteiger partial charge on any atom is 0.167 e. The van der Waals surface area contributed by atoms with Crippen LogP contribution in [0.1, 0.15) is 6.23 Å². The van der Waals surface area contributed by atoms with E-state index in [4.69, 9.17) is 21.5 Å². The van der Waals surface area contributed by atoms with Crippen LogP contribution in [0, 0.1) is 0 Å². The van der Waals surface area contributed by atoms with Crippen LogP contribution in [-0.4, -0.2) is 49.4 Å².